The van der Waals surface area contributed by atoms with Gasteiger partial charge in [-0.1, -0.05) is 71.7 Å². The molecule has 2 aliphatic rings. The van der Waals surface area contributed by atoms with E-state index in [4.69, 9.17) is 27.9 Å². The van der Waals surface area contributed by atoms with Crippen LogP contribution in [0.1, 0.15) is 48.0 Å². The van der Waals surface area contributed by atoms with Crippen molar-refractivity contribution in [2.24, 2.45) is 5.92 Å². The van der Waals surface area contributed by atoms with Gasteiger partial charge in [-0.25, -0.2) is 0 Å². The van der Waals surface area contributed by atoms with Crippen molar-refractivity contribution >= 4 is 40.9 Å². The van der Waals surface area contributed by atoms with Crippen molar-refractivity contribution in [3.63, 3.8) is 0 Å². The minimum atomic E-state index is -0.207. The van der Waals surface area contributed by atoms with Gasteiger partial charge < -0.3 is 19.4 Å². The van der Waals surface area contributed by atoms with E-state index >= 15 is 0 Å². The summed E-state index contributed by atoms with van der Waals surface area (Å²) in [5, 5.41) is 0.886. The van der Waals surface area contributed by atoms with Crippen molar-refractivity contribution in [3.05, 3.63) is 87.9 Å². The monoisotopic (exact) mass is 621 g/mol. The molecule has 0 aliphatic carbocycles. The Balaban J connectivity index is 1.44. The lowest BCUT2D eigenvalue weighted by Crippen LogP contribution is -2.53. The molecule has 3 aromatic carbocycles. The summed E-state index contributed by atoms with van der Waals surface area (Å²) in [5.74, 6) is 0.203. The number of nitrogens with zero attached hydrogens (tertiary/aromatic N) is 3. The van der Waals surface area contributed by atoms with Crippen molar-refractivity contribution in [1.82, 2.24) is 14.7 Å². The molecule has 2 fully saturated rings. The van der Waals surface area contributed by atoms with E-state index < -0.39 is 0 Å². The Morgan fingerprint density at radius 3 is 2.21 bits per heavy atom. The number of halogens is 2. The third-order valence-corrected chi connectivity index (χ3v) is 9.65. The molecule has 0 spiro atoms. The fourth-order valence-corrected chi connectivity index (χ4v) is 6.79. The number of hydrogen-bond acceptors (Lipinski definition) is 4. The molecule has 0 saturated carbocycles. The van der Waals surface area contributed by atoms with Gasteiger partial charge in [0.25, 0.3) is 5.91 Å². The molecule has 3 aromatic rings. The third-order valence-electron chi connectivity index (χ3n) is 8.91. The first kappa shape index (κ1) is 30.9. The van der Waals surface area contributed by atoms with Crippen LogP contribution in [0.3, 0.4) is 0 Å². The molecule has 0 bridgehead atoms. The second-order valence-corrected chi connectivity index (χ2v) is 12.2. The number of likely N-dealkylation sites (tertiary alicyclic amines) is 2. The Morgan fingerprint density at radius 1 is 0.860 bits per heavy atom. The van der Waals surface area contributed by atoms with Gasteiger partial charge in [0.15, 0.2) is 0 Å². The van der Waals surface area contributed by atoms with Gasteiger partial charge >= 0.3 is 0 Å². The zero-order chi connectivity index (χ0) is 30.7. The number of ether oxygens (including phenoxy) is 1. The van der Waals surface area contributed by atoms with E-state index in [1.54, 1.807) is 29.9 Å². The molecule has 7 nitrogen and oxygen atoms in total. The van der Waals surface area contributed by atoms with Gasteiger partial charge in [0, 0.05) is 58.0 Å². The number of rotatable bonds is 6. The van der Waals surface area contributed by atoms with Crippen molar-refractivity contribution in [1.29, 1.82) is 0 Å². The summed E-state index contributed by atoms with van der Waals surface area (Å²) in [7, 11) is 3.40. The Bertz CT molecular complexity index is 1490. The number of carbonyl (C=O) groups excluding carboxylic acids is 3. The molecule has 2 heterocycles. The minimum absolute atomic E-state index is 0.0459. The number of piperidine rings is 2. The molecular formula is C34H37Cl2N3O4. The highest BCUT2D eigenvalue weighted by Gasteiger charge is 2.40. The van der Waals surface area contributed by atoms with Crippen LogP contribution in [0.2, 0.25) is 10.0 Å². The lowest BCUT2D eigenvalue weighted by molar-refractivity contribution is -0.141. The second-order valence-electron chi connectivity index (χ2n) is 11.4. The van der Waals surface area contributed by atoms with Crippen LogP contribution < -0.4 is 4.74 Å². The van der Waals surface area contributed by atoms with Gasteiger partial charge in [-0.05, 0) is 54.2 Å². The largest absolute Gasteiger partial charge is 0.496 e. The molecule has 0 aromatic heterocycles. The smallest absolute Gasteiger partial charge is 0.258 e. The number of carbonyl (C=O) groups is 3. The lowest BCUT2D eigenvalue weighted by Gasteiger charge is -2.44. The fourth-order valence-electron chi connectivity index (χ4n) is 6.48. The highest BCUT2D eigenvalue weighted by atomic mass is 35.5. The van der Waals surface area contributed by atoms with Crippen molar-refractivity contribution < 1.29 is 19.1 Å². The maximum absolute atomic E-state index is 14.4. The summed E-state index contributed by atoms with van der Waals surface area (Å²) >= 11 is 12.7. The molecular weight excluding hydrogens is 585 g/mol. The van der Waals surface area contributed by atoms with Crippen molar-refractivity contribution in [2.75, 3.05) is 40.3 Å². The molecule has 0 radical (unpaired) electrons. The molecule has 2 saturated heterocycles. The summed E-state index contributed by atoms with van der Waals surface area (Å²) in [4.78, 5) is 45.4. The van der Waals surface area contributed by atoms with E-state index in [2.05, 4.69) is 0 Å². The van der Waals surface area contributed by atoms with Crippen LogP contribution >= 0.6 is 23.2 Å². The summed E-state index contributed by atoms with van der Waals surface area (Å²) in [5.41, 5.74) is 3.15. The summed E-state index contributed by atoms with van der Waals surface area (Å²) in [6.45, 7) is 3.74. The maximum atomic E-state index is 14.4. The molecule has 43 heavy (non-hydrogen) atoms. The highest BCUT2D eigenvalue weighted by molar-refractivity contribution is 6.42. The van der Waals surface area contributed by atoms with Gasteiger partial charge in [-0.3, -0.25) is 14.4 Å². The first-order valence-corrected chi connectivity index (χ1v) is 15.4. The fraction of sp³-hybridized carbons (Fsp3) is 0.382. The third kappa shape index (κ3) is 6.53. The van der Waals surface area contributed by atoms with Crippen LogP contribution in [0.15, 0.2) is 66.7 Å². The average Bonchev–Trinajstić information content (AvgIpc) is 3.04. The first-order chi connectivity index (χ1) is 20.7. The van der Waals surface area contributed by atoms with Crippen molar-refractivity contribution in [3.8, 4) is 16.9 Å². The van der Waals surface area contributed by atoms with Crippen molar-refractivity contribution in [2.45, 2.75) is 38.1 Å². The predicted octanol–water partition coefficient (Wildman–Crippen LogP) is 6.38. The van der Waals surface area contributed by atoms with Gasteiger partial charge in [0.05, 0.1) is 22.7 Å². The zero-order valence-electron chi connectivity index (χ0n) is 24.8. The molecule has 3 amide bonds. The van der Waals surface area contributed by atoms with E-state index in [1.165, 1.54) is 0 Å². The Hall–Kier alpha value is -3.55. The number of amides is 3. The van der Waals surface area contributed by atoms with Crippen LogP contribution in [0.4, 0.5) is 0 Å². The van der Waals surface area contributed by atoms with Crippen LogP contribution in [0.25, 0.3) is 11.1 Å². The predicted molar refractivity (Wildman–Crippen MR) is 170 cm³/mol. The number of likely N-dealkylation sites (N-methyl/N-ethyl adjacent to an activating group) is 1. The summed E-state index contributed by atoms with van der Waals surface area (Å²) in [6.07, 6.45) is 1.91. The normalized spacial score (nSPS) is 19.2. The highest BCUT2D eigenvalue weighted by Crippen LogP contribution is 2.38. The van der Waals surface area contributed by atoms with Gasteiger partial charge in [-0.2, -0.15) is 0 Å². The van der Waals surface area contributed by atoms with Gasteiger partial charge in [-0.15, -0.1) is 0 Å². The SMILES string of the molecule is COc1cccc(-c2ccccc2)c1C(=O)N(C)[C@@H]1CCN(C(=O)C2CCN(C(C)=O)CC2)C[C@H]1c1ccc(Cl)c(Cl)c1. The molecule has 0 N–H and O–H groups in total. The topological polar surface area (TPSA) is 70.2 Å². The second kappa shape index (κ2) is 13.4. The molecule has 5 rings (SSSR count). The van der Waals surface area contributed by atoms with E-state index in [0.717, 1.165) is 16.7 Å². The van der Waals surface area contributed by atoms with E-state index in [0.29, 0.717) is 66.8 Å². The standard InChI is InChI=1S/C34H37Cl2N3O4/c1-22(40)38-17-14-24(15-18-38)33(41)39-19-16-30(27(21-39)25-12-13-28(35)29(36)20-25)37(2)34(42)32-26(10-7-11-31(32)43-3)23-8-5-4-6-9-23/h4-13,20,24,27,30H,14-19,21H2,1-3H3/t27-,30+/m0/s1. The Labute approximate surface area is 263 Å². The van der Waals surface area contributed by atoms with Crippen LogP contribution in [0.5, 0.6) is 5.75 Å². The minimum Gasteiger partial charge on any atom is -0.496 e. The molecule has 2 atom stereocenters. The lowest BCUT2D eigenvalue weighted by atomic mass is 9.83. The molecule has 0 unspecified atom stereocenters. The number of methoxy groups -OCH3 is 1. The molecule has 226 valence electrons. The van der Waals surface area contributed by atoms with E-state index in [1.807, 2.05) is 72.6 Å². The van der Waals surface area contributed by atoms with Crippen LogP contribution in [-0.2, 0) is 9.59 Å². The van der Waals surface area contributed by atoms with E-state index in [9.17, 15) is 14.4 Å². The number of hydrogen-bond donors (Lipinski definition) is 0. The van der Waals surface area contributed by atoms with Crippen LogP contribution in [0, 0.1) is 5.92 Å². The Morgan fingerprint density at radius 2 is 1.56 bits per heavy atom. The summed E-state index contributed by atoms with van der Waals surface area (Å²) < 4.78 is 5.69. The van der Waals surface area contributed by atoms with Gasteiger partial charge in [0.2, 0.25) is 11.8 Å². The molecule has 9 heteroatoms. The average molecular weight is 623 g/mol. The number of benzene rings is 3. The van der Waals surface area contributed by atoms with Gasteiger partial charge in [0.1, 0.15) is 5.75 Å². The first-order valence-electron chi connectivity index (χ1n) is 14.7. The zero-order valence-corrected chi connectivity index (χ0v) is 26.3. The Kier molecular flexibility index (Phi) is 9.62. The van der Waals surface area contributed by atoms with E-state index in [-0.39, 0.29) is 35.6 Å². The maximum Gasteiger partial charge on any atom is 0.258 e. The quantitative estimate of drug-likeness (QED) is 0.320. The van der Waals surface area contributed by atoms with Crippen LogP contribution in [-0.4, -0.2) is 78.8 Å². The summed E-state index contributed by atoms with van der Waals surface area (Å²) in [6, 6.07) is 20.8. The molecule has 2 aliphatic heterocycles.